The van der Waals surface area contributed by atoms with E-state index in [0.717, 1.165) is 29.7 Å². The van der Waals surface area contributed by atoms with Gasteiger partial charge in [0.2, 0.25) is 0 Å². The van der Waals surface area contributed by atoms with Gasteiger partial charge in [0.1, 0.15) is 0 Å². The smallest absolute Gasteiger partial charge is 0.255 e. The summed E-state index contributed by atoms with van der Waals surface area (Å²) in [6.07, 6.45) is 1.56. The van der Waals surface area contributed by atoms with Gasteiger partial charge in [-0.25, -0.2) is 0 Å². The number of nitrogens with one attached hydrogen (secondary N) is 1. The SMILES string of the molecule is CCc1ccc(Cl)c(CC)c1NC(=O)c1ccc(OC)c(OC)c1. The summed E-state index contributed by atoms with van der Waals surface area (Å²) in [5.74, 6) is 0.894. The summed E-state index contributed by atoms with van der Waals surface area (Å²) >= 11 is 6.29. The van der Waals surface area contributed by atoms with Gasteiger partial charge in [0.15, 0.2) is 11.5 Å². The zero-order chi connectivity index (χ0) is 17.7. The van der Waals surface area contributed by atoms with E-state index in [1.807, 2.05) is 19.1 Å². The number of benzene rings is 2. The normalized spacial score (nSPS) is 10.4. The summed E-state index contributed by atoms with van der Waals surface area (Å²) in [6.45, 7) is 4.07. The molecule has 128 valence electrons. The van der Waals surface area contributed by atoms with Crippen LogP contribution in [0.4, 0.5) is 5.69 Å². The monoisotopic (exact) mass is 347 g/mol. The summed E-state index contributed by atoms with van der Waals surface area (Å²) < 4.78 is 10.5. The summed E-state index contributed by atoms with van der Waals surface area (Å²) in [7, 11) is 3.10. The number of halogens is 1. The Kier molecular flexibility index (Phi) is 6.10. The van der Waals surface area contributed by atoms with Crippen molar-refractivity contribution in [1.82, 2.24) is 0 Å². The topological polar surface area (TPSA) is 47.6 Å². The van der Waals surface area contributed by atoms with Crippen LogP contribution in [0.1, 0.15) is 35.3 Å². The lowest BCUT2D eigenvalue weighted by atomic mass is 10.0. The Labute approximate surface area is 147 Å². The molecular formula is C19H22ClNO3. The first-order valence-corrected chi connectivity index (χ1v) is 8.27. The van der Waals surface area contributed by atoms with Crippen LogP contribution in [0, 0.1) is 0 Å². The van der Waals surface area contributed by atoms with Crippen molar-refractivity contribution in [3.63, 3.8) is 0 Å². The molecule has 0 saturated heterocycles. The van der Waals surface area contributed by atoms with Crippen molar-refractivity contribution >= 4 is 23.2 Å². The second-order valence-corrected chi connectivity index (χ2v) is 5.70. The van der Waals surface area contributed by atoms with Crippen LogP contribution in [0.15, 0.2) is 30.3 Å². The molecule has 24 heavy (non-hydrogen) atoms. The fourth-order valence-electron chi connectivity index (χ4n) is 2.63. The molecule has 0 aliphatic rings. The van der Waals surface area contributed by atoms with E-state index < -0.39 is 0 Å². The van der Waals surface area contributed by atoms with Gasteiger partial charge in [-0.3, -0.25) is 4.79 Å². The summed E-state index contributed by atoms with van der Waals surface area (Å²) in [4.78, 5) is 12.7. The minimum atomic E-state index is -0.206. The molecule has 0 spiro atoms. The Morgan fingerprint density at radius 2 is 1.75 bits per heavy atom. The number of carbonyl (C=O) groups is 1. The summed E-state index contributed by atoms with van der Waals surface area (Å²) in [5, 5.41) is 3.67. The van der Waals surface area contributed by atoms with Gasteiger partial charge in [-0.15, -0.1) is 0 Å². The fourth-order valence-corrected chi connectivity index (χ4v) is 2.92. The number of anilines is 1. The number of methoxy groups -OCH3 is 2. The van der Waals surface area contributed by atoms with Crippen LogP contribution in [0.25, 0.3) is 0 Å². The van der Waals surface area contributed by atoms with E-state index in [2.05, 4.69) is 12.2 Å². The first kappa shape index (κ1) is 18.1. The molecule has 2 rings (SSSR count). The predicted octanol–water partition coefficient (Wildman–Crippen LogP) is 4.73. The molecule has 0 saturated carbocycles. The highest BCUT2D eigenvalue weighted by Gasteiger charge is 2.16. The van der Waals surface area contributed by atoms with Crippen LogP contribution < -0.4 is 14.8 Å². The summed E-state index contributed by atoms with van der Waals surface area (Å²) in [5.41, 5.74) is 3.30. The van der Waals surface area contributed by atoms with Gasteiger partial charge in [-0.2, -0.15) is 0 Å². The minimum Gasteiger partial charge on any atom is -0.493 e. The quantitative estimate of drug-likeness (QED) is 0.821. The van der Waals surface area contributed by atoms with E-state index >= 15 is 0 Å². The highest BCUT2D eigenvalue weighted by atomic mass is 35.5. The third kappa shape index (κ3) is 3.65. The molecule has 0 atom stereocenters. The van der Waals surface area contributed by atoms with Crippen molar-refractivity contribution in [2.24, 2.45) is 0 Å². The Morgan fingerprint density at radius 3 is 2.33 bits per heavy atom. The first-order chi connectivity index (χ1) is 11.5. The van der Waals surface area contributed by atoms with Crippen LogP contribution in [0.3, 0.4) is 0 Å². The largest absolute Gasteiger partial charge is 0.493 e. The van der Waals surface area contributed by atoms with E-state index in [9.17, 15) is 4.79 Å². The number of carbonyl (C=O) groups excluding carboxylic acids is 1. The van der Waals surface area contributed by atoms with Crippen molar-refractivity contribution in [2.45, 2.75) is 26.7 Å². The van der Waals surface area contributed by atoms with Crippen molar-refractivity contribution < 1.29 is 14.3 Å². The van der Waals surface area contributed by atoms with E-state index in [4.69, 9.17) is 21.1 Å². The van der Waals surface area contributed by atoms with E-state index in [0.29, 0.717) is 22.1 Å². The molecule has 4 nitrogen and oxygen atoms in total. The Morgan fingerprint density at radius 1 is 1.04 bits per heavy atom. The van der Waals surface area contributed by atoms with E-state index in [1.54, 1.807) is 32.4 Å². The molecule has 0 aromatic heterocycles. The highest BCUT2D eigenvalue weighted by Crippen LogP contribution is 2.31. The van der Waals surface area contributed by atoms with E-state index in [1.165, 1.54) is 0 Å². The maximum Gasteiger partial charge on any atom is 0.255 e. The Balaban J connectivity index is 2.38. The molecule has 0 unspecified atom stereocenters. The number of aryl methyl sites for hydroxylation is 1. The zero-order valence-corrected chi connectivity index (χ0v) is 15.2. The molecule has 2 aromatic carbocycles. The van der Waals surface area contributed by atoms with Gasteiger partial charge in [0.05, 0.1) is 14.2 Å². The van der Waals surface area contributed by atoms with Crippen LogP contribution in [-0.2, 0) is 12.8 Å². The highest BCUT2D eigenvalue weighted by molar-refractivity contribution is 6.32. The van der Waals surface area contributed by atoms with Gasteiger partial charge < -0.3 is 14.8 Å². The van der Waals surface area contributed by atoms with Gasteiger partial charge >= 0.3 is 0 Å². The van der Waals surface area contributed by atoms with Gasteiger partial charge in [0.25, 0.3) is 5.91 Å². The van der Waals surface area contributed by atoms with Gasteiger partial charge in [0, 0.05) is 16.3 Å². The lowest BCUT2D eigenvalue weighted by Gasteiger charge is -2.16. The third-order valence-electron chi connectivity index (χ3n) is 3.96. The van der Waals surface area contributed by atoms with Crippen LogP contribution in [0.2, 0.25) is 5.02 Å². The van der Waals surface area contributed by atoms with Crippen molar-refractivity contribution in [1.29, 1.82) is 0 Å². The molecule has 1 N–H and O–H groups in total. The average molecular weight is 348 g/mol. The Bertz CT molecular complexity index is 744. The molecule has 0 aliphatic carbocycles. The summed E-state index contributed by atoms with van der Waals surface area (Å²) in [6, 6.07) is 8.92. The van der Waals surface area contributed by atoms with Gasteiger partial charge in [-0.05, 0) is 48.2 Å². The second-order valence-electron chi connectivity index (χ2n) is 5.29. The lowest BCUT2D eigenvalue weighted by molar-refractivity contribution is 0.102. The third-order valence-corrected chi connectivity index (χ3v) is 4.31. The maximum atomic E-state index is 12.7. The number of ether oxygens (including phenoxy) is 2. The zero-order valence-electron chi connectivity index (χ0n) is 14.4. The Hall–Kier alpha value is -2.20. The molecule has 0 bridgehead atoms. The molecule has 0 heterocycles. The van der Waals surface area contributed by atoms with Gasteiger partial charge in [-0.1, -0.05) is 31.5 Å². The van der Waals surface area contributed by atoms with Crippen LogP contribution >= 0.6 is 11.6 Å². The number of hydrogen-bond acceptors (Lipinski definition) is 3. The van der Waals surface area contributed by atoms with E-state index in [-0.39, 0.29) is 5.91 Å². The molecule has 5 heteroatoms. The molecule has 0 aliphatic heterocycles. The van der Waals surface area contributed by atoms with Crippen molar-refractivity contribution in [2.75, 3.05) is 19.5 Å². The van der Waals surface area contributed by atoms with Crippen LogP contribution in [-0.4, -0.2) is 20.1 Å². The molecule has 1 amide bonds. The standard InChI is InChI=1S/C19H22ClNO3/c1-5-12-7-9-15(20)14(6-2)18(12)21-19(22)13-8-10-16(23-3)17(11-13)24-4/h7-11H,5-6H2,1-4H3,(H,21,22). The molecule has 2 aromatic rings. The predicted molar refractivity (Wildman–Crippen MR) is 97.7 cm³/mol. The maximum absolute atomic E-state index is 12.7. The van der Waals surface area contributed by atoms with Crippen LogP contribution in [0.5, 0.6) is 11.5 Å². The van der Waals surface area contributed by atoms with Crippen molar-refractivity contribution in [3.05, 3.63) is 52.0 Å². The number of amides is 1. The van der Waals surface area contributed by atoms with Crippen molar-refractivity contribution in [3.8, 4) is 11.5 Å². The lowest BCUT2D eigenvalue weighted by Crippen LogP contribution is -2.15. The second kappa shape index (κ2) is 8.06. The molecular weight excluding hydrogens is 326 g/mol. The number of rotatable bonds is 6. The minimum absolute atomic E-state index is 0.206. The average Bonchev–Trinajstić information content (AvgIpc) is 2.61. The molecule has 0 radical (unpaired) electrons. The molecule has 0 fully saturated rings. The number of hydrogen-bond donors (Lipinski definition) is 1. The first-order valence-electron chi connectivity index (χ1n) is 7.89. The fraction of sp³-hybridized carbons (Fsp3) is 0.316.